The first-order chi connectivity index (χ1) is 14.7. The predicted octanol–water partition coefficient (Wildman–Crippen LogP) is 3.94. The summed E-state index contributed by atoms with van der Waals surface area (Å²) in [6, 6.07) is 10.2. The molecule has 0 atom stereocenters. The number of aromatic nitrogens is 6. The molecule has 0 aliphatic heterocycles. The van der Waals surface area contributed by atoms with Gasteiger partial charge in [-0.1, -0.05) is 23.5 Å². The fourth-order valence-corrected chi connectivity index (χ4v) is 3.63. The molecule has 0 aliphatic rings. The Labute approximate surface area is 172 Å². The van der Waals surface area contributed by atoms with E-state index in [1.165, 1.54) is 29.9 Å². The van der Waals surface area contributed by atoms with Gasteiger partial charge in [-0.3, -0.25) is 9.89 Å². The van der Waals surface area contributed by atoms with E-state index in [0.29, 0.717) is 27.0 Å². The lowest BCUT2D eigenvalue weighted by Crippen LogP contribution is -2.12. The number of hydrogen-bond acceptors (Lipinski definition) is 7. The van der Waals surface area contributed by atoms with Crippen LogP contribution in [0, 0.1) is 5.82 Å². The van der Waals surface area contributed by atoms with Crippen LogP contribution in [-0.2, 0) is 0 Å². The van der Waals surface area contributed by atoms with Crippen LogP contribution < -0.4 is 10.6 Å². The Hall–Kier alpha value is -4.12. The van der Waals surface area contributed by atoms with Crippen molar-refractivity contribution >= 4 is 44.7 Å². The fraction of sp³-hybridized carbons (Fsp3) is 0. The zero-order chi connectivity index (χ0) is 20.5. The summed E-state index contributed by atoms with van der Waals surface area (Å²) in [6.07, 6.45) is 4.50. The molecule has 11 heteroatoms. The molecule has 3 aromatic heterocycles. The first kappa shape index (κ1) is 17.9. The second-order valence-electron chi connectivity index (χ2n) is 6.33. The second-order valence-corrected chi connectivity index (χ2v) is 7.30. The monoisotopic (exact) mass is 420 g/mol. The number of fused-ring (bicyclic) bond motifs is 1. The standard InChI is InChI=1S/C19H13FN8OS/c20-13-6-14-11(7-23-26-14)5-15(13)25-19-28-27-18(30-19)10-2-1-3-12(4-10)24-17(29)16-8-21-9-22-16/h1-9H,(H,21,22)(H,23,26)(H,24,29)(H,25,28). The molecular formula is C19H13FN8OS. The summed E-state index contributed by atoms with van der Waals surface area (Å²) in [4.78, 5) is 18.8. The summed E-state index contributed by atoms with van der Waals surface area (Å²) in [6.45, 7) is 0. The van der Waals surface area contributed by atoms with E-state index < -0.39 is 5.82 Å². The molecule has 0 aliphatic carbocycles. The van der Waals surface area contributed by atoms with Crippen molar-refractivity contribution in [1.29, 1.82) is 0 Å². The minimum absolute atomic E-state index is 0.284. The van der Waals surface area contributed by atoms with Gasteiger partial charge in [0.25, 0.3) is 5.91 Å². The molecule has 5 aromatic rings. The molecular weight excluding hydrogens is 407 g/mol. The first-order valence-corrected chi connectivity index (χ1v) is 9.61. The maximum atomic E-state index is 14.3. The Morgan fingerprint density at radius 1 is 1.13 bits per heavy atom. The van der Waals surface area contributed by atoms with Crippen LogP contribution in [0.5, 0.6) is 0 Å². The van der Waals surface area contributed by atoms with Crippen LogP contribution in [0.2, 0.25) is 0 Å². The van der Waals surface area contributed by atoms with Crippen LogP contribution in [0.15, 0.2) is 55.1 Å². The highest BCUT2D eigenvalue weighted by Crippen LogP contribution is 2.31. The highest BCUT2D eigenvalue weighted by atomic mass is 32.1. The first-order valence-electron chi connectivity index (χ1n) is 8.79. The molecule has 0 radical (unpaired) electrons. The quantitative estimate of drug-likeness (QED) is 0.341. The van der Waals surface area contributed by atoms with Crippen LogP contribution in [0.25, 0.3) is 21.5 Å². The molecule has 4 N–H and O–H groups in total. The molecule has 30 heavy (non-hydrogen) atoms. The van der Waals surface area contributed by atoms with Gasteiger partial charge in [-0.15, -0.1) is 10.2 Å². The summed E-state index contributed by atoms with van der Waals surface area (Å²) in [5.41, 5.74) is 2.64. The molecule has 2 aromatic carbocycles. The van der Waals surface area contributed by atoms with Crippen molar-refractivity contribution in [3.63, 3.8) is 0 Å². The fourth-order valence-electron chi connectivity index (χ4n) is 2.87. The van der Waals surface area contributed by atoms with E-state index in [4.69, 9.17) is 0 Å². The second kappa shape index (κ2) is 7.37. The normalized spacial score (nSPS) is 11.0. The van der Waals surface area contributed by atoms with Crippen LogP contribution in [0.1, 0.15) is 10.5 Å². The molecule has 0 fully saturated rings. The van der Waals surface area contributed by atoms with E-state index in [-0.39, 0.29) is 11.6 Å². The van der Waals surface area contributed by atoms with Crippen molar-refractivity contribution < 1.29 is 9.18 Å². The predicted molar refractivity (Wildman–Crippen MR) is 111 cm³/mol. The summed E-state index contributed by atoms with van der Waals surface area (Å²) in [5, 5.41) is 22.5. The van der Waals surface area contributed by atoms with Crippen molar-refractivity contribution in [2.45, 2.75) is 0 Å². The number of aromatic amines is 2. The van der Waals surface area contributed by atoms with Gasteiger partial charge in [0.1, 0.15) is 16.5 Å². The highest BCUT2D eigenvalue weighted by molar-refractivity contribution is 7.18. The number of halogens is 1. The molecule has 148 valence electrons. The Morgan fingerprint density at radius 3 is 2.93 bits per heavy atom. The molecule has 1 amide bonds. The third-order valence-corrected chi connectivity index (χ3v) is 5.19. The SMILES string of the molecule is O=C(Nc1cccc(-c2nnc(Nc3cc4cn[nH]c4cc3F)s2)c1)c1cnc[nH]1. The van der Waals surface area contributed by atoms with Crippen molar-refractivity contribution in [2.75, 3.05) is 10.6 Å². The van der Waals surface area contributed by atoms with E-state index >= 15 is 0 Å². The van der Waals surface area contributed by atoms with E-state index in [9.17, 15) is 9.18 Å². The number of carbonyl (C=O) groups is 1. The summed E-state index contributed by atoms with van der Waals surface area (Å²) in [7, 11) is 0. The molecule has 3 heterocycles. The Kier molecular flexibility index (Phi) is 4.41. The summed E-state index contributed by atoms with van der Waals surface area (Å²) >= 11 is 1.27. The van der Waals surface area contributed by atoms with Gasteiger partial charge in [0, 0.05) is 22.7 Å². The molecule has 9 nitrogen and oxygen atoms in total. The number of hydrogen-bond donors (Lipinski definition) is 4. The number of amides is 1. The molecule has 5 rings (SSSR count). The van der Waals surface area contributed by atoms with E-state index in [1.807, 2.05) is 6.07 Å². The minimum atomic E-state index is -0.424. The number of anilines is 3. The lowest BCUT2D eigenvalue weighted by Gasteiger charge is -2.05. The van der Waals surface area contributed by atoms with Gasteiger partial charge in [-0.05, 0) is 18.2 Å². The van der Waals surface area contributed by atoms with Gasteiger partial charge in [0.15, 0.2) is 0 Å². The number of H-pyrrole nitrogens is 2. The van der Waals surface area contributed by atoms with Crippen LogP contribution >= 0.6 is 11.3 Å². The Bertz CT molecular complexity index is 1340. The molecule has 0 unspecified atom stereocenters. The molecule has 0 bridgehead atoms. The maximum absolute atomic E-state index is 14.3. The topological polar surface area (TPSA) is 124 Å². The van der Waals surface area contributed by atoms with Crippen LogP contribution in [-0.4, -0.2) is 36.3 Å². The van der Waals surface area contributed by atoms with Crippen molar-refractivity contribution in [3.05, 3.63) is 66.6 Å². The number of benzene rings is 2. The van der Waals surface area contributed by atoms with Crippen molar-refractivity contribution in [1.82, 2.24) is 30.4 Å². The molecule has 0 spiro atoms. The minimum Gasteiger partial charge on any atom is -0.341 e. The van der Waals surface area contributed by atoms with Gasteiger partial charge in [0.05, 0.1) is 29.9 Å². The van der Waals surface area contributed by atoms with E-state index in [0.717, 1.165) is 10.9 Å². The number of imidazole rings is 1. The maximum Gasteiger partial charge on any atom is 0.273 e. The average molecular weight is 420 g/mol. The Morgan fingerprint density at radius 2 is 2.07 bits per heavy atom. The van der Waals surface area contributed by atoms with E-state index in [1.54, 1.807) is 30.5 Å². The lowest BCUT2D eigenvalue weighted by atomic mass is 10.2. The van der Waals surface area contributed by atoms with Crippen molar-refractivity contribution in [2.24, 2.45) is 0 Å². The van der Waals surface area contributed by atoms with Crippen molar-refractivity contribution in [3.8, 4) is 10.6 Å². The van der Waals surface area contributed by atoms with Crippen LogP contribution in [0.4, 0.5) is 20.9 Å². The van der Waals surface area contributed by atoms with Gasteiger partial charge >= 0.3 is 0 Å². The van der Waals surface area contributed by atoms with Gasteiger partial charge in [0.2, 0.25) is 5.13 Å². The molecule has 0 saturated heterocycles. The van der Waals surface area contributed by atoms with Gasteiger partial charge in [-0.2, -0.15) is 5.10 Å². The van der Waals surface area contributed by atoms with Gasteiger partial charge < -0.3 is 15.6 Å². The third-order valence-electron chi connectivity index (χ3n) is 4.30. The number of rotatable bonds is 5. The van der Waals surface area contributed by atoms with Crippen LogP contribution in [0.3, 0.4) is 0 Å². The zero-order valence-corrected chi connectivity index (χ0v) is 16.0. The smallest absolute Gasteiger partial charge is 0.273 e. The number of nitrogens with one attached hydrogen (secondary N) is 4. The highest BCUT2D eigenvalue weighted by Gasteiger charge is 2.12. The average Bonchev–Trinajstić information content (AvgIpc) is 3.50. The number of nitrogens with zero attached hydrogens (tertiary/aromatic N) is 4. The lowest BCUT2D eigenvalue weighted by molar-refractivity contribution is 0.102. The third kappa shape index (κ3) is 3.49. The molecule has 0 saturated carbocycles. The summed E-state index contributed by atoms with van der Waals surface area (Å²) < 4.78 is 14.3. The largest absolute Gasteiger partial charge is 0.341 e. The summed E-state index contributed by atoms with van der Waals surface area (Å²) in [5.74, 6) is -0.721. The number of carbonyl (C=O) groups excluding carboxylic acids is 1. The Balaban J connectivity index is 1.36. The zero-order valence-electron chi connectivity index (χ0n) is 15.2. The van der Waals surface area contributed by atoms with Gasteiger partial charge in [-0.25, -0.2) is 9.37 Å². The van der Waals surface area contributed by atoms with E-state index in [2.05, 4.69) is 41.0 Å².